The minimum Gasteiger partial charge on any atom is -0.396 e. The molecular weight excluding hydrogens is 254 g/mol. The number of nitrogens with two attached hydrogens (primary N) is 1. The van der Waals surface area contributed by atoms with E-state index in [4.69, 9.17) is 17.3 Å². The maximum atomic E-state index is 12.1. The van der Waals surface area contributed by atoms with Crippen LogP contribution in [0.15, 0.2) is 24.5 Å². The molecule has 2 aromatic rings. The van der Waals surface area contributed by atoms with Crippen LogP contribution in [0.1, 0.15) is 17.4 Å². The zero-order valence-electron chi connectivity index (χ0n) is 9.72. The van der Waals surface area contributed by atoms with Crippen molar-refractivity contribution in [1.82, 2.24) is 14.8 Å². The van der Waals surface area contributed by atoms with Gasteiger partial charge in [-0.25, -0.2) is 4.98 Å². The number of nitrogens with zero attached hydrogens (tertiary/aromatic N) is 3. The summed E-state index contributed by atoms with van der Waals surface area (Å²) >= 11 is 5.91. The van der Waals surface area contributed by atoms with E-state index in [9.17, 15) is 4.79 Å². The molecule has 0 unspecified atom stereocenters. The molecule has 0 aliphatic carbocycles. The highest BCUT2D eigenvalue weighted by Crippen LogP contribution is 2.19. The first-order valence-electron chi connectivity index (χ1n) is 5.36. The van der Waals surface area contributed by atoms with Gasteiger partial charge in [-0.1, -0.05) is 11.6 Å². The fourth-order valence-electron chi connectivity index (χ4n) is 1.53. The molecule has 18 heavy (non-hydrogen) atoms. The Balaban J connectivity index is 2.28. The van der Waals surface area contributed by atoms with Gasteiger partial charge in [-0.15, -0.1) is 0 Å². The van der Waals surface area contributed by atoms with E-state index in [2.05, 4.69) is 15.4 Å². The lowest BCUT2D eigenvalue weighted by molar-refractivity contribution is 0.101. The van der Waals surface area contributed by atoms with Crippen molar-refractivity contribution < 1.29 is 4.79 Å². The minimum atomic E-state index is -0.382. The van der Waals surface area contributed by atoms with E-state index in [1.54, 1.807) is 18.3 Å². The van der Waals surface area contributed by atoms with Gasteiger partial charge in [0, 0.05) is 12.7 Å². The van der Waals surface area contributed by atoms with E-state index in [-0.39, 0.29) is 5.91 Å². The molecule has 0 spiro atoms. The summed E-state index contributed by atoms with van der Waals surface area (Å²) in [6.45, 7) is 2.42. The Morgan fingerprint density at radius 3 is 3.06 bits per heavy atom. The highest BCUT2D eigenvalue weighted by Gasteiger charge is 2.17. The first-order chi connectivity index (χ1) is 8.63. The Morgan fingerprint density at radius 2 is 2.39 bits per heavy atom. The predicted molar refractivity (Wildman–Crippen MR) is 69.5 cm³/mol. The van der Waals surface area contributed by atoms with Gasteiger partial charge in [0.25, 0.3) is 5.91 Å². The van der Waals surface area contributed by atoms with Crippen LogP contribution in [0.3, 0.4) is 0 Å². The lowest BCUT2D eigenvalue weighted by atomic mass is 10.3. The van der Waals surface area contributed by atoms with Crippen LogP contribution in [0.4, 0.5) is 11.5 Å². The zero-order chi connectivity index (χ0) is 13.1. The van der Waals surface area contributed by atoms with E-state index in [1.807, 2.05) is 6.92 Å². The highest BCUT2D eigenvalue weighted by atomic mass is 35.5. The molecule has 0 aromatic carbocycles. The number of aryl methyl sites for hydroxylation is 1. The van der Waals surface area contributed by atoms with Crippen LogP contribution in [0.5, 0.6) is 0 Å². The molecule has 0 saturated carbocycles. The summed E-state index contributed by atoms with van der Waals surface area (Å²) in [7, 11) is 0. The Bertz CT molecular complexity index is 581. The summed E-state index contributed by atoms with van der Waals surface area (Å²) < 4.78 is 1.52. The summed E-state index contributed by atoms with van der Waals surface area (Å²) in [6.07, 6.45) is 2.99. The van der Waals surface area contributed by atoms with Crippen molar-refractivity contribution in [2.75, 3.05) is 11.1 Å². The fourth-order valence-corrected chi connectivity index (χ4v) is 1.70. The number of hydrogen-bond acceptors (Lipinski definition) is 4. The third-order valence-electron chi connectivity index (χ3n) is 2.37. The summed E-state index contributed by atoms with van der Waals surface area (Å²) in [5.74, 6) is -0.0835. The number of hydrogen-bond donors (Lipinski definition) is 2. The van der Waals surface area contributed by atoms with Crippen molar-refractivity contribution in [1.29, 1.82) is 0 Å². The molecule has 0 atom stereocenters. The largest absolute Gasteiger partial charge is 0.396 e. The number of rotatable bonds is 3. The number of pyridine rings is 1. The quantitative estimate of drug-likeness (QED) is 0.886. The lowest BCUT2D eigenvalue weighted by Crippen LogP contribution is -2.19. The SMILES string of the molecule is CCn1ncc(N)c1C(=O)Nc1ncccc1Cl. The van der Waals surface area contributed by atoms with Crippen molar-refractivity contribution in [2.24, 2.45) is 0 Å². The maximum absolute atomic E-state index is 12.1. The Morgan fingerprint density at radius 1 is 1.61 bits per heavy atom. The average Bonchev–Trinajstić information content (AvgIpc) is 2.73. The third kappa shape index (κ3) is 2.28. The smallest absolute Gasteiger partial charge is 0.277 e. The van der Waals surface area contributed by atoms with Crippen LogP contribution in [0, 0.1) is 0 Å². The minimum absolute atomic E-state index is 0.299. The third-order valence-corrected chi connectivity index (χ3v) is 2.68. The van der Waals surface area contributed by atoms with Gasteiger partial charge in [-0.3, -0.25) is 9.48 Å². The van der Waals surface area contributed by atoms with Gasteiger partial charge in [-0.2, -0.15) is 5.10 Å². The molecule has 0 aliphatic rings. The van der Waals surface area contributed by atoms with Crippen molar-refractivity contribution in [3.05, 3.63) is 35.2 Å². The van der Waals surface area contributed by atoms with E-state index >= 15 is 0 Å². The monoisotopic (exact) mass is 265 g/mol. The number of nitrogen functional groups attached to an aromatic ring is 1. The van der Waals surface area contributed by atoms with Crippen LogP contribution in [-0.4, -0.2) is 20.7 Å². The van der Waals surface area contributed by atoms with Gasteiger partial charge in [0.2, 0.25) is 0 Å². The van der Waals surface area contributed by atoms with Crippen molar-refractivity contribution in [3.8, 4) is 0 Å². The Labute approximate surface area is 109 Å². The summed E-state index contributed by atoms with van der Waals surface area (Å²) in [6, 6.07) is 3.33. The highest BCUT2D eigenvalue weighted by molar-refractivity contribution is 6.33. The summed E-state index contributed by atoms with van der Waals surface area (Å²) in [5, 5.41) is 6.97. The predicted octanol–water partition coefficient (Wildman–Crippen LogP) is 1.79. The molecule has 0 radical (unpaired) electrons. The van der Waals surface area contributed by atoms with Crippen molar-refractivity contribution in [3.63, 3.8) is 0 Å². The Hall–Kier alpha value is -2.08. The lowest BCUT2D eigenvalue weighted by Gasteiger charge is -2.07. The molecule has 7 heteroatoms. The molecule has 2 rings (SSSR count). The number of halogens is 1. The van der Waals surface area contributed by atoms with Gasteiger partial charge >= 0.3 is 0 Å². The molecule has 3 N–H and O–H groups in total. The van der Waals surface area contributed by atoms with E-state index < -0.39 is 0 Å². The van der Waals surface area contributed by atoms with Crippen molar-refractivity contribution in [2.45, 2.75) is 13.5 Å². The zero-order valence-corrected chi connectivity index (χ0v) is 10.5. The normalized spacial score (nSPS) is 10.3. The van der Waals surface area contributed by atoms with Gasteiger partial charge in [0.15, 0.2) is 5.82 Å². The van der Waals surface area contributed by atoms with Crippen LogP contribution in [-0.2, 0) is 6.54 Å². The first-order valence-corrected chi connectivity index (χ1v) is 5.74. The molecule has 2 heterocycles. The second kappa shape index (κ2) is 5.05. The number of nitrogens with one attached hydrogen (secondary N) is 1. The van der Waals surface area contributed by atoms with E-state index in [1.165, 1.54) is 10.9 Å². The number of anilines is 2. The molecule has 0 bridgehead atoms. The fraction of sp³-hybridized carbons (Fsp3) is 0.182. The van der Waals surface area contributed by atoms with Gasteiger partial charge < -0.3 is 11.1 Å². The molecule has 1 amide bonds. The average molecular weight is 266 g/mol. The van der Waals surface area contributed by atoms with Crippen LogP contribution >= 0.6 is 11.6 Å². The second-order valence-electron chi connectivity index (χ2n) is 3.55. The van der Waals surface area contributed by atoms with E-state index in [0.29, 0.717) is 28.8 Å². The topological polar surface area (TPSA) is 85.8 Å². The Kier molecular flexibility index (Phi) is 3.47. The molecule has 0 fully saturated rings. The molecular formula is C11H12ClN5O. The summed E-state index contributed by atoms with van der Waals surface area (Å²) in [5.41, 5.74) is 6.34. The van der Waals surface area contributed by atoms with Crippen LogP contribution in [0.25, 0.3) is 0 Å². The molecule has 0 saturated heterocycles. The van der Waals surface area contributed by atoms with Gasteiger partial charge in [0.05, 0.1) is 16.9 Å². The number of carbonyl (C=O) groups is 1. The van der Waals surface area contributed by atoms with Crippen LogP contribution < -0.4 is 11.1 Å². The van der Waals surface area contributed by atoms with Gasteiger partial charge in [-0.05, 0) is 19.1 Å². The second-order valence-corrected chi connectivity index (χ2v) is 3.96. The van der Waals surface area contributed by atoms with Gasteiger partial charge in [0.1, 0.15) is 5.69 Å². The molecule has 0 aliphatic heterocycles. The summed E-state index contributed by atoms with van der Waals surface area (Å²) in [4.78, 5) is 16.1. The standard InChI is InChI=1S/C11H12ClN5O/c1-2-17-9(8(13)6-15-17)11(18)16-10-7(12)4-3-5-14-10/h3-6H,2,13H2,1H3,(H,14,16,18). The number of aromatic nitrogens is 3. The molecule has 6 nitrogen and oxygen atoms in total. The maximum Gasteiger partial charge on any atom is 0.277 e. The van der Waals surface area contributed by atoms with Crippen molar-refractivity contribution >= 4 is 29.0 Å². The molecule has 94 valence electrons. The van der Waals surface area contributed by atoms with Crippen LogP contribution in [0.2, 0.25) is 5.02 Å². The number of carbonyl (C=O) groups excluding carboxylic acids is 1. The molecule has 2 aromatic heterocycles. The number of amides is 1. The van der Waals surface area contributed by atoms with E-state index in [0.717, 1.165) is 0 Å². The first kappa shape index (κ1) is 12.4.